The Balaban J connectivity index is 0.00000144. The maximum absolute atomic E-state index is 11.8. The fourth-order valence-corrected chi connectivity index (χ4v) is 3.26. The summed E-state index contributed by atoms with van der Waals surface area (Å²) < 4.78 is 5.27. The third-order valence-corrected chi connectivity index (χ3v) is 4.19. The molecule has 1 amide bonds. The maximum atomic E-state index is 11.8. The number of carbonyl (C=O) groups is 1. The van der Waals surface area contributed by atoms with Gasteiger partial charge in [-0.2, -0.15) is 11.8 Å². The van der Waals surface area contributed by atoms with Gasteiger partial charge in [0.1, 0.15) is 6.04 Å². The molecule has 100 valence electrons. The van der Waals surface area contributed by atoms with Gasteiger partial charge in [-0.05, 0) is 30.3 Å². The van der Waals surface area contributed by atoms with Crippen molar-refractivity contribution < 1.29 is 9.53 Å². The molecule has 17 heavy (non-hydrogen) atoms. The molecule has 0 bridgehead atoms. The fraction of sp³-hybridized carbons (Fsp3) is 0.909. The van der Waals surface area contributed by atoms with E-state index in [-0.39, 0.29) is 24.4 Å². The van der Waals surface area contributed by atoms with Gasteiger partial charge >= 0.3 is 0 Å². The first-order valence-corrected chi connectivity index (χ1v) is 7.18. The van der Waals surface area contributed by atoms with Crippen LogP contribution in [-0.2, 0) is 9.53 Å². The van der Waals surface area contributed by atoms with Crippen molar-refractivity contribution in [3.63, 3.8) is 0 Å². The Labute approximate surface area is 113 Å². The highest BCUT2D eigenvalue weighted by atomic mass is 35.5. The molecule has 0 aromatic carbocycles. The molecule has 0 aliphatic carbocycles. The number of hydrogen-bond acceptors (Lipinski definition) is 4. The second-order valence-electron chi connectivity index (χ2n) is 4.38. The molecule has 6 heteroatoms. The van der Waals surface area contributed by atoms with Crippen molar-refractivity contribution in [2.24, 2.45) is 5.92 Å². The van der Waals surface area contributed by atoms with Crippen molar-refractivity contribution in [2.75, 3.05) is 37.8 Å². The van der Waals surface area contributed by atoms with Gasteiger partial charge in [0.15, 0.2) is 0 Å². The molecule has 0 aromatic heterocycles. The first-order chi connectivity index (χ1) is 7.86. The highest BCUT2D eigenvalue weighted by Crippen LogP contribution is 2.21. The predicted molar refractivity (Wildman–Crippen MR) is 72.9 cm³/mol. The Morgan fingerprint density at radius 1 is 1.41 bits per heavy atom. The average molecular weight is 281 g/mol. The summed E-state index contributed by atoms with van der Waals surface area (Å²) in [5.74, 6) is 3.25. The highest BCUT2D eigenvalue weighted by molar-refractivity contribution is 7.99. The SMILES string of the molecule is Cl.O=C(NCC1CCSCC1)C1COCCN1. The Kier molecular flexibility index (Phi) is 7.27. The van der Waals surface area contributed by atoms with Crippen LogP contribution in [0.2, 0.25) is 0 Å². The second kappa shape index (κ2) is 8.19. The standard InChI is InChI=1S/C11H20N2O2S.ClH/c14-11(10-8-15-4-3-12-10)13-7-9-1-5-16-6-2-9;/h9-10,12H,1-8H2,(H,13,14);1H. The summed E-state index contributed by atoms with van der Waals surface area (Å²) in [4.78, 5) is 11.8. The summed E-state index contributed by atoms with van der Waals surface area (Å²) in [5, 5.41) is 6.20. The van der Waals surface area contributed by atoms with E-state index in [1.165, 1.54) is 24.3 Å². The van der Waals surface area contributed by atoms with E-state index in [0.717, 1.165) is 13.1 Å². The number of nitrogens with one attached hydrogen (secondary N) is 2. The molecule has 2 aliphatic rings. The summed E-state index contributed by atoms with van der Waals surface area (Å²) >= 11 is 2.02. The molecule has 0 saturated carbocycles. The van der Waals surface area contributed by atoms with Gasteiger partial charge in [0, 0.05) is 13.1 Å². The summed E-state index contributed by atoms with van der Waals surface area (Å²) in [6, 6.07) is -0.147. The van der Waals surface area contributed by atoms with Gasteiger partial charge in [-0.3, -0.25) is 4.79 Å². The number of hydrogen-bond donors (Lipinski definition) is 2. The lowest BCUT2D eigenvalue weighted by Crippen LogP contribution is -2.52. The monoisotopic (exact) mass is 280 g/mol. The minimum absolute atomic E-state index is 0. The third kappa shape index (κ3) is 5.04. The first-order valence-electron chi connectivity index (χ1n) is 6.03. The molecule has 4 nitrogen and oxygen atoms in total. The lowest BCUT2D eigenvalue weighted by Gasteiger charge is -2.25. The molecule has 2 saturated heterocycles. The molecule has 2 fully saturated rings. The van der Waals surface area contributed by atoms with Gasteiger partial charge in [0.05, 0.1) is 13.2 Å². The van der Waals surface area contributed by atoms with Crippen molar-refractivity contribution >= 4 is 30.1 Å². The third-order valence-electron chi connectivity index (χ3n) is 3.14. The van der Waals surface area contributed by atoms with Gasteiger partial charge < -0.3 is 15.4 Å². The molecule has 2 aliphatic heterocycles. The Hall–Kier alpha value is 0.0300. The minimum Gasteiger partial charge on any atom is -0.378 e. The van der Waals surface area contributed by atoms with E-state index in [1.807, 2.05) is 11.8 Å². The topological polar surface area (TPSA) is 50.4 Å². The van der Waals surface area contributed by atoms with Gasteiger partial charge in [-0.15, -0.1) is 12.4 Å². The number of rotatable bonds is 3. The Bertz CT molecular complexity index is 232. The van der Waals surface area contributed by atoms with Crippen molar-refractivity contribution in [1.82, 2.24) is 10.6 Å². The predicted octanol–water partition coefficient (Wildman–Crippen LogP) is 0.656. The van der Waals surface area contributed by atoms with Crippen molar-refractivity contribution in [1.29, 1.82) is 0 Å². The van der Waals surface area contributed by atoms with Gasteiger partial charge in [0.25, 0.3) is 0 Å². The molecular weight excluding hydrogens is 260 g/mol. The van der Waals surface area contributed by atoms with Gasteiger partial charge in [0.2, 0.25) is 5.91 Å². The van der Waals surface area contributed by atoms with Gasteiger partial charge in [-0.1, -0.05) is 0 Å². The largest absolute Gasteiger partial charge is 0.378 e. The Morgan fingerprint density at radius 3 is 2.82 bits per heavy atom. The number of halogens is 1. The normalized spacial score (nSPS) is 26.0. The molecule has 2 rings (SSSR count). The quantitative estimate of drug-likeness (QED) is 0.797. The van der Waals surface area contributed by atoms with E-state index in [2.05, 4.69) is 10.6 Å². The lowest BCUT2D eigenvalue weighted by molar-refractivity contribution is -0.126. The second-order valence-corrected chi connectivity index (χ2v) is 5.61. The maximum Gasteiger partial charge on any atom is 0.239 e. The molecule has 0 spiro atoms. The van der Waals surface area contributed by atoms with Crippen LogP contribution in [0.5, 0.6) is 0 Å². The van der Waals surface area contributed by atoms with E-state index >= 15 is 0 Å². The van der Waals surface area contributed by atoms with Crippen LogP contribution in [0.15, 0.2) is 0 Å². The molecule has 0 radical (unpaired) electrons. The van der Waals surface area contributed by atoms with Gasteiger partial charge in [-0.25, -0.2) is 0 Å². The minimum atomic E-state index is -0.147. The summed E-state index contributed by atoms with van der Waals surface area (Å²) in [5.41, 5.74) is 0. The van der Waals surface area contributed by atoms with Crippen molar-refractivity contribution in [3.05, 3.63) is 0 Å². The van der Waals surface area contributed by atoms with Crippen LogP contribution >= 0.6 is 24.2 Å². The molecular formula is C11H21ClN2O2S. The zero-order valence-corrected chi connectivity index (χ0v) is 11.6. The van der Waals surface area contributed by atoms with E-state index in [9.17, 15) is 4.79 Å². The number of morpholine rings is 1. The number of amides is 1. The van der Waals surface area contributed by atoms with Crippen molar-refractivity contribution in [2.45, 2.75) is 18.9 Å². The number of carbonyl (C=O) groups excluding carboxylic acids is 1. The van der Waals surface area contributed by atoms with Crippen LogP contribution in [0, 0.1) is 5.92 Å². The highest BCUT2D eigenvalue weighted by Gasteiger charge is 2.22. The number of ether oxygens (including phenoxy) is 1. The van der Waals surface area contributed by atoms with Crippen LogP contribution in [0.3, 0.4) is 0 Å². The smallest absolute Gasteiger partial charge is 0.239 e. The van der Waals surface area contributed by atoms with E-state index < -0.39 is 0 Å². The first kappa shape index (κ1) is 15.1. The van der Waals surface area contributed by atoms with Crippen LogP contribution < -0.4 is 10.6 Å². The zero-order chi connectivity index (χ0) is 11.2. The van der Waals surface area contributed by atoms with Crippen molar-refractivity contribution in [3.8, 4) is 0 Å². The average Bonchev–Trinajstić information content (AvgIpc) is 2.38. The van der Waals surface area contributed by atoms with E-state index in [0.29, 0.717) is 19.1 Å². The summed E-state index contributed by atoms with van der Waals surface area (Å²) in [6.07, 6.45) is 2.47. The summed E-state index contributed by atoms with van der Waals surface area (Å²) in [7, 11) is 0. The molecule has 0 aromatic rings. The van der Waals surface area contributed by atoms with Crippen LogP contribution in [0.25, 0.3) is 0 Å². The van der Waals surface area contributed by atoms with Crippen LogP contribution in [0.1, 0.15) is 12.8 Å². The molecule has 1 atom stereocenters. The zero-order valence-electron chi connectivity index (χ0n) is 9.94. The molecule has 2 N–H and O–H groups in total. The molecule has 1 unspecified atom stereocenters. The Morgan fingerprint density at radius 2 is 2.18 bits per heavy atom. The summed E-state index contributed by atoms with van der Waals surface area (Å²) in [6.45, 7) is 2.83. The van der Waals surface area contributed by atoms with Crippen LogP contribution in [-0.4, -0.2) is 49.8 Å². The fourth-order valence-electron chi connectivity index (χ4n) is 2.05. The number of thioether (sulfide) groups is 1. The van der Waals surface area contributed by atoms with Crippen LogP contribution in [0.4, 0.5) is 0 Å². The van der Waals surface area contributed by atoms with E-state index in [4.69, 9.17) is 4.74 Å². The van der Waals surface area contributed by atoms with E-state index in [1.54, 1.807) is 0 Å². The molecule has 2 heterocycles. The lowest BCUT2D eigenvalue weighted by atomic mass is 10.0.